The maximum Gasteiger partial charge on any atom is 0.191 e. The van der Waals surface area contributed by atoms with E-state index in [0.717, 1.165) is 0 Å². The molecule has 3 rings (SSSR count). The van der Waals surface area contributed by atoms with Crippen molar-refractivity contribution < 1.29 is 18.7 Å². The second-order valence-corrected chi connectivity index (χ2v) is 6.00. The Hall–Kier alpha value is -2.82. The number of halogens is 1. The molecule has 2 aromatic rings. The van der Waals surface area contributed by atoms with Crippen molar-refractivity contribution in [3.63, 3.8) is 0 Å². The number of allylic oxidation sites excluding steroid dienone is 1. The van der Waals surface area contributed by atoms with Crippen LogP contribution in [0, 0.1) is 5.82 Å². The highest BCUT2D eigenvalue weighted by molar-refractivity contribution is 6.10. The van der Waals surface area contributed by atoms with Gasteiger partial charge in [0.05, 0.1) is 18.4 Å². The molecule has 4 nitrogen and oxygen atoms in total. The Labute approximate surface area is 139 Å². The Bertz CT molecular complexity index is 827. The predicted octanol–water partition coefficient (Wildman–Crippen LogP) is 3.78. The van der Waals surface area contributed by atoms with Crippen molar-refractivity contribution in [3.8, 4) is 11.5 Å². The molecule has 0 amide bonds. The zero-order chi connectivity index (χ0) is 17.3. The SMILES string of the molecule is COc1ccccc1C(=O)/C=C1\NC(C)(C)Oc2ccc(F)cc21. The second kappa shape index (κ2) is 6.00. The Morgan fingerprint density at radius 1 is 1.25 bits per heavy atom. The number of ether oxygens (including phenoxy) is 2. The minimum Gasteiger partial charge on any atom is -0.496 e. The molecule has 0 aromatic heterocycles. The van der Waals surface area contributed by atoms with Gasteiger partial charge in [0.15, 0.2) is 11.5 Å². The van der Waals surface area contributed by atoms with Gasteiger partial charge in [-0.3, -0.25) is 4.79 Å². The van der Waals surface area contributed by atoms with Gasteiger partial charge in [0.2, 0.25) is 0 Å². The van der Waals surface area contributed by atoms with Crippen molar-refractivity contribution in [2.45, 2.75) is 19.6 Å². The van der Waals surface area contributed by atoms with E-state index >= 15 is 0 Å². The fourth-order valence-electron chi connectivity index (χ4n) is 2.66. The number of methoxy groups -OCH3 is 1. The van der Waals surface area contributed by atoms with E-state index in [1.54, 1.807) is 30.3 Å². The Morgan fingerprint density at radius 2 is 2.00 bits per heavy atom. The van der Waals surface area contributed by atoms with Crippen LogP contribution in [0.15, 0.2) is 48.5 Å². The monoisotopic (exact) mass is 327 g/mol. The molecule has 0 atom stereocenters. The summed E-state index contributed by atoms with van der Waals surface area (Å²) >= 11 is 0. The lowest BCUT2D eigenvalue weighted by Gasteiger charge is -2.36. The topological polar surface area (TPSA) is 47.6 Å². The van der Waals surface area contributed by atoms with E-state index in [2.05, 4.69) is 5.32 Å². The quantitative estimate of drug-likeness (QED) is 0.688. The molecule has 24 heavy (non-hydrogen) atoms. The van der Waals surface area contributed by atoms with Crippen LogP contribution in [-0.2, 0) is 0 Å². The maximum atomic E-state index is 13.6. The summed E-state index contributed by atoms with van der Waals surface area (Å²) in [5, 5.41) is 3.12. The third-order valence-corrected chi connectivity index (χ3v) is 3.68. The molecule has 0 unspecified atom stereocenters. The average Bonchev–Trinajstić information content (AvgIpc) is 2.54. The number of hydrogen-bond acceptors (Lipinski definition) is 4. The molecular formula is C19H18FNO3. The number of carbonyl (C=O) groups excluding carboxylic acids is 1. The van der Waals surface area contributed by atoms with E-state index in [1.165, 1.54) is 25.3 Å². The highest BCUT2D eigenvalue weighted by Gasteiger charge is 2.29. The molecule has 0 aliphatic carbocycles. The molecule has 0 radical (unpaired) electrons. The zero-order valence-electron chi connectivity index (χ0n) is 13.7. The third kappa shape index (κ3) is 3.11. The van der Waals surface area contributed by atoms with Crippen molar-refractivity contribution in [3.05, 3.63) is 65.5 Å². The molecule has 0 saturated heterocycles. The van der Waals surface area contributed by atoms with Crippen LogP contribution in [-0.4, -0.2) is 18.6 Å². The predicted molar refractivity (Wildman–Crippen MR) is 89.5 cm³/mol. The van der Waals surface area contributed by atoms with Crippen molar-refractivity contribution in [1.82, 2.24) is 5.32 Å². The number of fused-ring (bicyclic) bond motifs is 1. The number of nitrogens with one attached hydrogen (secondary N) is 1. The van der Waals surface area contributed by atoms with Crippen molar-refractivity contribution in [2.24, 2.45) is 0 Å². The molecule has 1 aliphatic heterocycles. The fraction of sp³-hybridized carbons (Fsp3) is 0.211. The number of para-hydroxylation sites is 1. The first kappa shape index (κ1) is 16.1. The zero-order valence-corrected chi connectivity index (χ0v) is 13.7. The Morgan fingerprint density at radius 3 is 2.75 bits per heavy atom. The van der Waals surface area contributed by atoms with Gasteiger partial charge in [-0.15, -0.1) is 0 Å². The molecule has 0 saturated carbocycles. The van der Waals surface area contributed by atoms with Crippen molar-refractivity contribution >= 4 is 11.5 Å². The lowest BCUT2D eigenvalue weighted by atomic mass is 10.0. The maximum absolute atomic E-state index is 13.6. The minimum atomic E-state index is -0.711. The molecule has 2 aromatic carbocycles. The summed E-state index contributed by atoms with van der Waals surface area (Å²) in [5.74, 6) is 0.390. The molecule has 0 bridgehead atoms. The summed E-state index contributed by atoms with van der Waals surface area (Å²) in [4.78, 5) is 12.7. The summed E-state index contributed by atoms with van der Waals surface area (Å²) < 4.78 is 24.6. The molecule has 1 aliphatic rings. The molecule has 5 heteroatoms. The number of hydrogen-bond donors (Lipinski definition) is 1. The van der Waals surface area contributed by atoms with Crippen LogP contribution >= 0.6 is 0 Å². The lowest BCUT2D eigenvalue weighted by molar-refractivity contribution is 0.0815. The number of rotatable bonds is 3. The number of carbonyl (C=O) groups is 1. The summed E-state index contributed by atoms with van der Waals surface area (Å²) in [6, 6.07) is 11.2. The first-order valence-electron chi connectivity index (χ1n) is 7.56. The number of ketones is 1. The van der Waals surface area contributed by atoms with Gasteiger partial charge in [0, 0.05) is 11.6 Å². The Balaban J connectivity index is 2.06. The second-order valence-electron chi connectivity index (χ2n) is 6.00. The molecule has 0 fully saturated rings. The van der Waals surface area contributed by atoms with Gasteiger partial charge < -0.3 is 14.8 Å². The highest BCUT2D eigenvalue weighted by Crippen LogP contribution is 2.34. The third-order valence-electron chi connectivity index (χ3n) is 3.68. The van der Waals surface area contributed by atoms with Crippen LogP contribution in [0.25, 0.3) is 5.70 Å². The van der Waals surface area contributed by atoms with Gasteiger partial charge in [-0.05, 0) is 44.2 Å². The Kier molecular flexibility index (Phi) is 4.01. The van der Waals surface area contributed by atoms with Gasteiger partial charge >= 0.3 is 0 Å². The van der Waals surface area contributed by atoms with Gasteiger partial charge in [-0.25, -0.2) is 4.39 Å². The van der Waals surface area contributed by atoms with Crippen LogP contribution in [0.2, 0.25) is 0 Å². The van der Waals surface area contributed by atoms with E-state index < -0.39 is 11.5 Å². The molecule has 124 valence electrons. The summed E-state index contributed by atoms with van der Waals surface area (Å²) in [6.07, 6.45) is 1.44. The number of benzene rings is 2. The van der Waals surface area contributed by atoms with Crippen LogP contribution in [0.3, 0.4) is 0 Å². The van der Waals surface area contributed by atoms with Crippen LogP contribution in [0.5, 0.6) is 11.5 Å². The first-order chi connectivity index (χ1) is 11.4. The smallest absolute Gasteiger partial charge is 0.191 e. The van der Waals surface area contributed by atoms with E-state index in [0.29, 0.717) is 28.3 Å². The normalized spacial score (nSPS) is 16.8. The highest BCUT2D eigenvalue weighted by atomic mass is 19.1. The van der Waals surface area contributed by atoms with Gasteiger partial charge in [0.1, 0.15) is 17.3 Å². The summed E-state index contributed by atoms with van der Waals surface area (Å²) in [5.41, 5.74) is 0.753. The van der Waals surface area contributed by atoms with E-state index in [-0.39, 0.29) is 5.78 Å². The molecular weight excluding hydrogens is 309 g/mol. The van der Waals surface area contributed by atoms with E-state index in [4.69, 9.17) is 9.47 Å². The molecule has 1 N–H and O–H groups in total. The largest absolute Gasteiger partial charge is 0.496 e. The van der Waals surface area contributed by atoms with Gasteiger partial charge in [0.25, 0.3) is 0 Å². The van der Waals surface area contributed by atoms with Gasteiger partial charge in [-0.1, -0.05) is 12.1 Å². The summed E-state index contributed by atoms with van der Waals surface area (Å²) in [7, 11) is 1.51. The van der Waals surface area contributed by atoms with Crippen LogP contribution < -0.4 is 14.8 Å². The van der Waals surface area contributed by atoms with Gasteiger partial charge in [-0.2, -0.15) is 0 Å². The van der Waals surface area contributed by atoms with Crippen LogP contribution in [0.4, 0.5) is 4.39 Å². The standard InChI is InChI=1S/C19H18FNO3/c1-19(2)21-15(14-10-12(20)8-9-18(14)24-19)11-16(22)13-6-4-5-7-17(13)23-3/h4-11,21H,1-3H3/b15-11-. The van der Waals surface area contributed by atoms with Crippen molar-refractivity contribution in [1.29, 1.82) is 0 Å². The summed E-state index contributed by atoms with van der Waals surface area (Å²) in [6.45, 7) is 3.67. The van der Waals surface area contributed by atoms with E-state index in [9.17, 15) is 9.18 Å². The molecule has 1 heterocycles. The van der Waals surface area contributed by atoms with E-state index in [1.807, 2.05) is 13.8 Å². The first-order valence-corrected chi connectivity index (χ1v) is 7.56. The lowest BCUT2D eigenvalue weighted by Crippen LogP contribution is -2.46. The minimum absolute atomic E-state index is 0.233. The molecule has 0 spiro atoms. The van der Waals surface area contributed by atoms with Crippen molar-refractivity contribution in [2.75, 3.05) is 7.11 Å². The average molecular weight is 327 g/mol. The fourth-order valence-corrected chi connectivity index (χ4v) is 2.66. The van der Waals surface area contributed by atoms with Crippen LogP contribution in [0.1, 0.15) is 29.8 Å².